The van der Waals surface area contributed by atoms with E-state index in [2.05, 4.69) is 5.18 Å². The lowest BCUT2D eigenvalue weighted by Crippen LogP contribution is -2.09. The first kappa shape index (κ1) is 7.60. The first-order chi connectivity index (χ1) is 3.72. The summed E-state index contributed by atoms with van der Waals surface area (Å²) in [7, 11) is 0. The summed E-state index contributed by atoms with van der Waals surface area (Å²) in [6.45, 7) is 6.00. The van der Waals surface area contributed by atoms with Crippen LogP contribution in [0.3, 0.4) is 0 Å². The van der Waals surface area contributed by atoms with Crippen molar-refractivity contribution in [3.63, 3.8) is 0 Å². The van der Waals surface area contributed by atoms with Gasteiger partial charge in [-0.05, 0) is 12.3 Å². The molecule has 0 aromatic heterocycles. The molecule has 0 aromatic carbocycles. The fraction of sp³-hybridized carbons (Fsp3) is 1.00. The Labute approximate surface area is 50.3 Å². The highest BCUT2D eigenvalue weighted by Gasteiger charge is 2.08. The lowest BCUT2D eigenvalue weighted by Gasteiger charge is -2.07. The molecular formula is C6H13NO. The summed E-state index contributed by atoms with van der Waals surface area (Å²) < 4.78 is 0. The van der Waals surface area contributed by atoms with Crippen LogP contribution in [0.5, 0.6) is 0 Å². The van der Waals surface area contributed by atoms with Crippen molar-refractivity contribution in [2.45, 2.75) is 33.2 Å². The molecule has 0 saturated heterocycles. The summed E-state index contributed by atoms with van der Waals surface area (Å²) in [5, 5.41) is 2.96. The number of nitrogens with zero attached hydrogens (tertiary/aromatic N) is 1. The molecule has 0 saturated carbocycles. The van der Waals surface area contributed by atoms with Gasteiger partial charge in [0.1, 0.15) is 0 Å². The zero-order chi connectivity index (χ0) is 6.57. The number of hydrogen-bond acceptors (Lipinski definition) is 2. The molecule has 1 atom stereocenters. The van der Waals surface area contributed by atoms with Crippen LogP contribution < -0.4 is 0 Å². The van der Waals surface area contributed by atoms with E-state index in [1.807, 2.05) is 20.8 Å². The van der Waals surface area contributed by atoms with Crippen LogP contribution in [-0.2, 0) is 0 Å². The Balaban J connectivity index is 3.51. The minimum Gasteiger partial charge on any atom is -0.151 e. The Kier molecular flexibility index (Phi) is 3.40. The van der Waals surface area contributed by atoms with Crippen molar-refractivity contribution < 1.29 is 0 Å². The van der Waals surface area contributed by atoms with Crippen molar-refractivity contribution in [2.24, 2.45) is 11.1 Å². The fourth-order valence-corrected chi connectivity index (χ4v) is 0.668. The molecule has 0 aromatic rings. The van der Waals surface area contributed by atoms with E-state index >= 15 is 0 Å². The molecule has 0 rings (SSSR count). The molecule has 8 heavy (non-hydrogen) atoms. The van der Waals surface area contributed by atoms with E-state index in [9.17, 15) is 4.91 Å². The molecule has 0 amide bonds. The Hall–Kier alpha value is -0.400. The van der Waals surface area contributed by atoms with E-state index in [1.165, 1.54) is 0 Å². The third kappa shape index (κ3) is 2.05. The van der Waals surface area contributed by atoms with Crippen molar-refractivity contribution in [2.75, 3.05) is 0 Å². The van der Waals surface area contributed by atoms with E-state index in [0.717, 1.165) is 6.42 Å². The van der Waals surface area contributed by atoms with E-state index in [-0.39, 0.29) is 6.04 Å². The molecule has 0 bridgehead atoms. The van der Waals surface area contributed by atoms with Crippen LogP contribution >= 0.6 is 0 Å². The smallest absolute Gasteiger partial charge is 0.0939 e. The summed E-state index contributed by atoms with van der Waals surface area (Å²) in [4.78, 5) is 9.93. The van der Waals surface area contributed by atoms with E-state index in [4.69, 9.17) is 0 Å². The summed E-state index contributed by atoms with van der Waals surface area (Å²) in [5.74, 6) is 0.400. The van der Waals surface area contributed by atoms with Crippen LogP contribution in [0.4, 0.5) is 0 Å². The van der Waals surface area contributed by atoms with Gasteiger partial charge in [0, 0.05) is 0 Å². The molecule has 0 aliphatic carbocycles. The topological polar surface area (TPSA) is 29.4 Å². The zero-order valence-electron chi connectivity index (χ0n) is 5.72. The summed E-state index contributed by atoms with van der Waals surface area (Å²) in [6.07, 6.45) is 0.862. The Bertz CT molecular complexity index is 70.9. The Morgan fingerprint density at radius 1 is 1.50 bits per heavy atom. The van der Waals surface area contributed by atoms with Crippen molar-refractivity contribution >= 4 is 0 Å². The maximum absolute atomic E-state index is 9.93. The molecule has 0 aliphatic heterocycles. The van der Waals surface area contributed by atoms with Gasteiger partial charge < -0.3 is 0 Å². The SMILES string of the molecule is CCC(N=O)C(C)C. The molecule has 2 heteroatoms. The maximum atomic E-state index is 9.93. The van der Waals surface area contributed by atoms with Gasteiger partial charge in [-0.15, -0.1) is 0 Å². The average Bonchev–Trinajstić information content (AvgIpc) is 1.69. The summed E-state index contributed by atoms with van der Waals surface area (Å²) in [5.41, 5.74) is 0. The third-order valence-electron chi connectivity index (χ3n) is 1.32. The third-order valence-corrected chi connectivity index (χ3v) is 1.32. The highest BCUT2D eigenvalue weighted by Crippen LogP contribution is 2.08. The molecule has 0 aliphatic rings. The highest BCUT2D eigenvalue weighted by molar-refractivity contribution is 4.65. The first-order valence-electron chi connectivity index (χ1n) is 3.04. The van der Waals surface area contributed by atoms with Gasteiger partial charge in [0.25, 0.3) is 0 Å². The van der Waals surface area contributed by atoms with Crippen LogP contribution in [0.25, 0.3) is 0 Å². The van der Waals surface area contributed by atoms with Crippen molar-refractivity contribution in [1.29, 1.82) is 0 Å². The van der Waals surface area contributed by atoms with Gasteiger partial charge in [-0.3, -0.25) is 0 Å². The van der Waals surface area contributed by atoms with Crippen molar-refractivity contribution in [3.8, 4) is 0 Å². The van der Waals surface area contributed by atoms with Gasteiger partial charge in [-0.1, -0.05) is 25.9 Å². The van der Waals surface area contributed by atoms with Crippen LogP contribution in [0.2, 0.25) is 0 Å². The maximum Gasteiger partial charge on any atom is 0.0939 e. The Morgan fingerprint density at radius 3 is 2.00 bits per heavy atom. The number of hydrogen-bond donors (Lipinski definition) is 0. The molecule has 0 heterocycles. The second-order valence-corrected chi connectivity index (χ2v) is 2.33. The van der Waals surface area contributed by atoms with Gasteiger partial charge >= 0.3 is 0 Å². The van der Waals surface area contributed by atoms with E-state index in [0.29, 0.717) is 5.92 Å². The average molecular weight is 115 g/mol. The van der Waals surface area contributed by atoms with Crippen LogP contribution in [0.15, 0.2) is 5.18 Å². The highest BCUT2D eigenvalue weighted by atomic mass is 16.3. The minimum absolute atomic E-state index is 0.0231. The van der Waals surface area contributed by atoms with Crippen LogP contribution in [0.1, 0.15) is 27.2 Å². The molecule has 0 radical (unpaired) electrons. The lowest BCUT2D eigenvalue weighted by atomic mass is 10.0. The van der Waals surface area contributed by atoms with E-state index in [1.54, 1.807) is 0 Å². The van der Waals surface area contributed by atoms with Gasteiger partial charge in [0.15, 0.2) is 0 Å². The second-order valence-electron chi connectivity index (χ2n) is 2.33. The number of rotatable bonds is 3. The molecule has 0 N–H and O–H groups in total. The van der Waals surface area contributed by atoms with Gasteiger partial charge in [-0.2, -0.15) is 4.91 Å². The standard InChI is InChI=1S/C6H13NO/c1-4-6(7-8)5(2)3/h5-6H,4H2,1-3H3. The molecule has 1 unspecified atom stereocenters. The molecular weight excluding hydrogens is 102 g/mol. The quantitative estimate of drug-likeness (QED) is 0.518. The zero-order valence-corrected chi connectivity index (χ0v) is 5.72. The first-order valence-corrected chi connectivity index (χ1v) is 3.04. The monoisotopic (exact) mass is 115 g/mol. The summed E-state index contributed by atoms with van der Waals surface area (Å²) in [6, 6.07) is 0.0231. The Morgan fingerprint density at radius 2 is 2.00 bits per heavy atom. The fourth-order valence-electron chi connectivity index (χ4n) is 0.668. The van der Waals surface area contributed by atoms with Gasteiger partial charge in [0.2, 0.25) is 0 Å². The predicted molar refractivity (Wildman–Crippen MR) is 34.7 cm³/mol. The van der Waals surface area contributed by atoms with Gasteiger partial charge in [-0.25, -0.2) is 0 Å². The van der Waals surface area contributed by atoms with Gasteiger partial charge in [0.05, 0.1) is 6.04 Å². The molecule has 2 nitrogen and oxygen atoms in total. The molecule has 0 spiro atoms. The molecule has 48 valence electrons. The normalized spacial score (nSPS) is 14.0. The van der Waals surface area contributed by atoms with Crippen LogP contribution in [-0.4, -0.2) is 6.04 Å². The lowest BCUT2D eigenvalue weighted by molar-refractivity contribution is 0.480. The van der Waals surface area contributed by atoms with Crippen molar-refractivity contribution in [3.05, 3.63) is 4.91 Å². The predicted octanol–water partition coefficient (Wildman–Crippen LogP) is 2.19. The molecule has 0 fully saturated rings. The number of nitroso groups, excluding NO2 is 1. The second kappa shape index (κ2) is 3.58. The van der Waals surface area contributed by atoms with E-state index < -0.39 is 0 Å². The van der Waals surface area contributed by atoms with Crippen molar-refractivity contribution in [1.82, 2.24) is 0 Å². The largest absolute Gasteiger partial charge is 0.151 e. The van der Waals surface area contributed by atoms with Crippen LogP contribution in [0, 0.1) is 10.8 Å². The minimum atomic E-state index is 0.0231. The summed E-state index contributed by atoms with van der Waals surface area (Å²) >= 11 is 0.